The maximum atomic E-state index is 11.3. The van der Waals surface area contributed by atoms with E-state index in [0.717, 1.165) is 37.8 Å². The summed E-state index contributed by atoms with van der Waals surface area (Å²) < 4.78 is 0. The molecule has 130 valence electrons. The Morgan fingerprint density at radius 3 is 2.67 bits per heavy atom. The van der Waals surface area contributed by atoms with E-state index in [1.807, 2.05) is 0 Å². The van der Waals surface area contributed by atoms with Crippen LogP contribution in [0.25, 0.3) is 0 Å². The number of nitrogens with zero attached hydrogens (tertiary/aromatic N) is 1. The van der Waals surface area contributed by atoms with Crippen molar-refractivity contribution >= 4 is 0 Å². The Bertz CT molecular complexity index is 709. The standard InChI is InChI=1S/C20H27NO3/c1-8-3-19-6-10-15-18(2)4-9(22)5-20(15)16(19)14(24)11(8)13(23)12(19)17(20)21(10)7-18/h9-17,22-24H,1,3-7H2,2H3/t9-,10-,11-,12+,13?,14+,15+,16+,17+,18+,19-,20-/m0/s1. The second-order valence-electron chi connectivity index (χ2n) is 10.8. The summed E-state index contributed by atoms with van der Waals surface area (Å²) in [6.45, 7) is 7.72. The zero-order chi connectivity index (χ0) is 16.4. The number of hydrogen-bond acceptors (Lipinski definition) is 4. The van der Waals surface area contributed by atoms with E-state index in [-0.39, 0.29) is 40.1 Å². The molecule has 4 heteroatoms. The third-order valence-corrected chi connectivity index (χ3v) is 10.1. The molecule has 4 nitrogen and oxygen atoms in total. The summed E-state index contributed by atoms with van der Waals surface area (Å²) in [5, 5.41) is 33.3. The fraction of sp³-hybridized carbons (Fsp3) is 0.900. The van der Waals surface area contributed by atoms with Crippen molar-refractivity contribution in [1.82, 2.24) is 4.90 Å². The molecular formula is C20H27NO3. The van der Waals surface area contributed by atoms with Crippen LogP contribution in [0.3, 0.4) is 0 Å². The average Bonchev–Trinajstić information content (AvgIpc) is 2.88. The van der Waals surface area contributed by atoms with Crippen LogP contribution in [-0.4, -0.2) is 57.2 Å². The molecule has 6 aliphatic carbocycles. The molecule has 3 heterocycles. The fourth-order valence-corrected chi connectivity index (χ4v) is 10.7. The number of aliphatic hydroxyl groups excluding tert-OH is 3. The van der Waals surface area contributed by atoms with Gasteiger partial charge in [0.15, 0.2) is 0 Å². The van der Waals surface area contributed by atoms with E-state index in [4.69, 9.17) is 0 Å². The SMILES string of the molecule is C=C1C[C@@]23C[C@H]4[C@@H]5[C@]6(C)C[C@H](O)C[C@@]57[C@@H]2[C@H](O)[C@@H]1C(O)[C@@H]3[C@H]7N4C6. The molecule has 9 bridgehead atoms. The lowest BCUT2D eigenvalue weighted by atomic mass is 9.39. The molecule has 0 amide bonds. The highest BCUT2D eigenvalue weighted by Gasteiger charge is 2.90. The summed E-state index contributed by atoms with van der Waals surface area (Å²) in [6.07, 6.45) is 2.76. The van der Waals surface area contributed by atoms with Gasteiger partial charge in [0.25, 0.3) is 0 Å². The molecule has 13 atom stereocenters. The number of hydrogen-bond donors (Lipinski definition) is 3. The molecule has 0 aromatic rings. The van der Waals surface area contributed by atoms with Crippen LogP contribution in [-0.2, 0) is 0 Å². The van der Waals surface area contributed by atoms with Crippen LogP contribution < -0.4 is 0 Å². The predicted octanol–water partition coefficient (Wildman–Crippen LogP) is 0.764. The van der Waals surface area contributed by atoms with E-state index in [1.165, 1.54) is 0 Å². The van der Waals surface area contributed by atoms with Gasteiger partial charge in [-0.2, -0.15) is 0 Å². The van der Waals surface area contributed by atoms with Gasteiger partial charge < -0.3 is 15.3 Å². The molecular weight excluding hydrogens is 302 g/mol. The molecule has 3 N–H and O–H groups in total. The van der Waals surface area contributed by atoms with E-state index in [2.05, 4.69) is 18.4 Å². The summed E-state index contributed by atoms with van der Waals surface area (Å²) >= 11 is 0. The van der Waals surface area contributed by atoms with Crippen LogP contribution in [0.5, 0.6) is 0 Å². The Kier molecular flexibility index (Phi) is 1.95. The highest BCUT2D eigenvalue weighted by atomic mass is 16.3. The molecule has 24 heavy (non-hydrogen) atoms. The van der Waals surface area contributed by atoms with Gasteiger partial charge in [-0.3, -0.25) is 4.90 Å². The quantitative estimate of drug-likeness (QED) is 0.574. The first-order chi connectivity index (χ1) is 11.4. The molecule has 6 saturated carbocycles. The number of rotatable bonds is 0. The molecule has 2 unspecified atom stereocenters. The maximum absolute atomic E-state index is 11.3. The van der Waals surface area contributed by atoms with Gasteiger partial charge in [-0.15, -0.1) is 0 Å². The Labute approximate surface area is 142 Å². The minimum absolute atomic E-state index is 0.0358. The minimum Gasteiger partial charge on any atom is -0.393 e. The van der Waals surface area contributed by atoms with E-state index in [0.29, 0.717) is 18.0 Å². The highest BCUT2D eigenvalue weighted by Crippen LogP contribution is 2.86. The minimum atomic E-state index is -0.460. The van der Waals surface area contributed by atoms with Gasteiger partial charge in [-0.1, -0.05) is 19.1 Å². The first kappa shape index (κ1) is 13.7. The number of piperidine rings is 2. The zero-order valence-corrected chi connectivity index (χ0v) is 14.2. The van der Waals surface area contributed by atoms with Gasteiger partial charge in [0.05, 0.1) is 18.3 Å². The summed E-state index contributed by atoms with van der Waals surface area (Å²) in [4.78, 5) is 2.73. The van der Waals surface area contributed by atoms with Crippen LogP contribution >= 0.6 is 0 Å². The number of aliphatic hydroxyl groups is 3. The number of fused-ring (bicyclic) bond motifs is 1. The normalized spacial score (nSPS) is 76.1. The summed E-state index contributed by atoms with van der Waals surface area (Å²) in [5.41, 5.74) is 1.37. The predicted molar refractivity (Wildman–Crippen MR) is 86.8 cm³/mol. The van der Waals surface area contributed by atoms with Crippen molar-refractivity contribution < 1.29 is 15.3 Å². The average molecular weight is 329 g/mol. The molecule has 2 spiro atoms. The van der Waals surface area contributed by atoms with Gasteiger partial charge in [0.1, 0.15) is 0 Å². The van der Waals surface area contributed by atoms with Gasteiger partial charge in [0.2, 0.25) is 0 Å². The highest BCUT2D eigenvalue weighted by molar-refractivity contribution is 5.43. The zero-order valence-electron chi connectivity index (χ0n) is 14.2. The van der Waals surface area contributed by atoms with Crippen LogP contribution in [0.1, 0.15) is 32.6 Å². The Hall–Kier alpha value is -0.420. The molecule has 9 rings (SSSR count). The van der Waals surface area contributed by atoms with Gasteiger partial charge in [-0.25, -0.2) is 0 Å². The van der Waals surface area contributed by atoms with Crippen molar-refractivity contribution in [2.45, 2.75) is 63.0 Å². The lowest BCUT2D eigenvalue weighted by Crippen LogP contribution is -2.67. The maximum Gasteiger partial charge on any atom is 0.0679 e. The van der Waals surface area contributed by atoms with Gasteiger partial charge in [-0.05, 0) is 53.8 Å². The van der Waals surface area contributed by atoms with Crippen LogP contribution in [0.15, 0.2) is 12.2 Å². The molecule has 3 aliphatic heterocycles. The van der Waals surface area contributed by atoms with Gasteiger partial charge in [0, 0.05) is 30.5 Å². The van der Waals surface area contributed by atoms with Crippen molar-refractivity contribution in [1.29, 1.82) is 0 Å². The second-order valence-corrected chi connectivity index (χ2v) is 10.8. The van der Waals surface area contributed by atoms with Crippen LogP contribution in [0, 0.1) is 39.9 Å². The third-order valence-electron chi connectivity index (χ3n) is 10.1. The largest absolute Gasteiger partial charge is 0.393 e. The van der Waals surface area contributed by atoms with Crippen molar-refractivity contribution in [2.24, 2.45) is 39.9 Å². The Morgan fingerprint density at radius 2 is 1.88 bits per heavy atom. The smallest absolute Gasteiger partial charge is 0.0679 e. The third kappa shape index (κ3) is 0.980. The molecule has 3 saturated heterocycles. The molecule has 9 aliphatic rings. The molecule has 0 aromatic carbocycles. The summed E-state index contributed by atoms with van der Waals surface area (Å²) in [7, 11) is 0. The second kappa shape index (κ2) is 3.40. The topological polar surface area (TPSA) is 63.9 Å². The summed E-state index contributed by atoms with van der Waals surface area (Å²) in [6, 6.07) is 0.999. The van der Waals surface area contributed by atoms with E-state index < -0.39 is 12.2 Å². The van der Waals surface area contributed by atoms with Gasteiger partial charge >= 0.3 is 0 Å². The van der Waals surface area contributed by atoms with E-state index in [9.17, 15) is 15.3 Å². The lowest BCUT2D eigenvalue weighted by Gasteiger charge is -2.65. The van der Waals surface area contributed by atoms with Crippen molar-refractivity contribution in [3.05, 3.63) is 12.2 Å². The summed E-state index contributed by atoms with van der Waals surface area (Å²) in [5.74, 6) is 1.02. The monoisotopic (exact) mass is 329 g/mol. The van der Waals surface area contributed by atoms with Crippen molar-refractivity contribution in [3.8, 4) is 0 Å². The first-order valence-electron chi connectivity index (χ1n) is 9.83. The Morgan fingerprint density at radius 1 is 1.08 bits per heavy atom. The molecule has 9 fully saturated rings. The van der Waals surface area contributed by atoms with Crippen molar-refractivity contribution in [3.63, 3.8) is 0 Å². The first-order valence-corrected chi connectivity index (χ1v) is 9.83. The fourth-order valence-electron chi connectivity index (χ4n) is 10.7. The molecule has 0 aromatic heterocycles. The van der Waals surface area contributed by atoms with Crippen molar-refractivity contribution in [2.75, 3.05) is 6.54 Å². The Balaban J connectivity index is 1.54. The van der Waals surface area contributed by atoms with Crippen LogP contribution in [0.2, 0.25) is 0 Å². The molecule has 0 radical (unpaired) electrons. The van der Waals surface area contributed by atoms with E-state index in [1.54, 1.807) is 0 Å². The lowest BCUT2D eigenvalue weighted by molar-refractivity contribution is -0.213. The van der Waals surface area contributed by atoms with E-state index >= 15 is 0 Å². The van der Waals surface area contributed by atoms with Crippen LogP contribution in [0.4, 0.5) is 0 Å².